The number of aromatic nitrogens is 3. The highest BCUT2D eigenvalue weighted by atomic mass is 35.5. The zero-order valence-electron chi connectivity index (χ0n) is 12.8. The highest BCUT2D eigenvalue weighted by molar-refractivity contribution is 5.85. The van der Waals surface area contributed by atoms with Crippen LogP contribution in [0.4, 0.5) is 0 Å². The molecule has 1 aromatic heterocycles. The maximum atomic E-state index is 12.0. The van der Waals surface area contributed by atoms with Crippen molar-refractivity contribution in [2.24, 2.45) is 11.7 Å². The molecular weight excluding hydrogens is 302 g/mol. The highest BCUT2D eigenvalue weighted by Crippen LogP contribution is 2.10. The predicted molar refractivity (Wildman–Crippen MR) is 87.9 cm³/mol. The van der Waals surface area contributed by atoms with Gasteiger partial charge in [-0.15, -0.1) is 12.4 Å². The summed E-state index contributed by atoms with van der Waals surface area (Å²) in [6.45, 7) is 4.46. The lowest BCUT2D eigenvalue weighted by Crippen LogP contribution is -2.44. The van der Waals surface area contributed by atoms with E-state index < -0.39 is 6.04 Å². The van der Waals surface area contributed by atoms with E-state index >= 15 is 0 Å². The van der Waals surface area contributed by atoms with Gasteiger partial charge in [0.2, 0.25) is 5.91 Å². The zero-order valence-corrected chi connectivity index (χ0v) is 13.6. The number of hydrogen-bond acceptors (Lipinski definition) is 4. The van der Waals surface area contributed by atoms with Gasteiger partial charge in [0.05, 0.1) is 11.7 Å². The molecule has 0 radical (unpaired) electrons. The first kappa shape index (κ1) is 18.1. The third-order valence-electron chi connectivity index (χ3n) is 3.62. The van der Waals surface area contributed by atoms with Gasteiger partial charge in [-0.25, -0.2) is 9.67 Å². The number of nitrogens with one attached hydrogen (secondary N) is 1. The zero-order chi connectivity index (χ0) is 15.2. The van der Waals surface area contributed by atoms with Crippen LogP contribution in [-0.2, 0) is 11.3 Å². The fourth-order valence-corrected chi connectivity index (χ4v) is 1.97. The molecule has 22 heavy (non-hydrogen) atoms. The molecule has 1 heterocycles. The van der Waals surface area contributed by atoms with Gasteiger partial charge in [0.1, 0.15) is 12.7 Å². The first-order valence-electron chi connectivity index (χ1n) is 7.09. The summed E-state index contributed by atoms with van der Waals surface area (Å²) in [5, 5.41) is 6.96. The summed E-state index contributed by atoms with van der Waals surface area (Å²) in [7, 11) is 0. The Bertz CT molecular complexity index is 587. The Morgan fingerprint density at radius 1 is 1.45 bits per heavy atom. The molecule has 0 saturated heterocycles. The number of benzene rings is 1. The third kappa shape index (κ3) is 4.54. The van der Waals surface area contributed by atoms with E-state index in [-0.39, 0.29) is 24.2 Å². The van der Waals surface area contributed by atoms with E-state index in [9.17, 15) is 4.79 Å². The van der Waals surface area contributed by atoms with Crippen molar-refractivity contribution in [1.29, 1.82) is 0 Å². The maximum Gasteiger partial charge on any atom is 0.237 e. The van der Waals surface area contributed by atoms with Crippen LogP contribution in [0.3, 0.4) is 0 Å². The number of amides is 1. The fourth-order valence-electron chi connectivity index (χ4n) is 1.97. The van der Waals surface area contributed by atoms with E-state index in [1.807, 2.05) is 38.1 Å². The van der Waals surface area contributed by atoms with Crippen molar-refractivity contribution < 1.29 is 4.79 Å². The molecule has 0 aliphatic carbocycles. The van der Waals surface area contributed by atoms with Crippen molar-refractivity contribution in [2.45, 2.75) is 32.9 Å². The number of nitrogens with zero attached hydrogens (tertiary/aromatic N) is 3. The van der Waals surface area contributed by atoms with Crippen LogP contribution >= 0.6 is 12.4 Å². The van der Waals surface area contributed by atoms with Crippen molar-refractivity contribution in [3.8, 4) is 5.69 Å². The molecule has 0 aliphatic heterocycles. The second-order valence-corrected chi connectivity index (χ2v) is 5.14. The monoisotopic (exact) mass is 323 g/mol. The fraction of sp³-hybridized carbons (Fsp3) is 0.400. The quantitative estimate of drug-likeness (QED) is 0.847. The molecule has 0 spiro atoms. The SMILES string of the molecule is CCC(C)C(N)C(=O)NCc1cccc(-n2cncn2)c1.Cl. The van der Waals surface area contributed by atoms with Gasteiger partial charge in [-0.05, 0) is 23.6 Å². The number of nitrogens with two attached hydrogens (primary N) is 1. The topological polar surface area (TPSA) is 85.8 Å². The lowest BCUT2D eigenvalue weighted by molar-refractivity contribution is -0.123. The molecule has 0 bridgehead atoms. The van der Waals surface area contributed by atoms with Crippen LogP contribution in [0.2, 0.25) is 0 Å². The summed E-state index contributed by atoms with van der Waals surface area (Å²) in [6, 6.07) is 7.31. The van der Waals surface area contributed by atoms with Crippen LogP contribution in [0.5, 0.6) is 0 Å². The van der Waals surface area contributed by atoms with Gasteiger partial charge < -0.3 is 11.1 Å². The number of halogens is 1. The maximum absolute atomic E-state index is 12.0. The standard InChI is InChI=1S/C15H21N5O.ClH/c1-3-11(2)14(16)15(21)18-8-12-5-4-6-13(7-12)20-10-17-9-19-20;/h4-7,9-11,14H,3,8,16H2,1-2H3,(H,18,21);1H. The van der Waals surface area contributed by atoms with Crippen LogP contribution in [-0.4, -0.2) is 26.7 Å². The van der Waals surface area contributed by atoms with Gasteiger partial charge in [-0.1, -0.05) is 32.4 Å². The summed E-state index contributed by atoms with van der Waals surface area (Å²) < 4.78 is 1.68. The molecule has 0 saturated carbocycles. The summed E-state index contributed by atoms with van der Waals surface area (Å²) in [6.07, 6.45) is 4.01. The Morgan fingerprint density at radius 2 is 2.23 bits per heavy atom. The molecule has 2 atom stereocenters. The van der Waals surface area contributed by atoms with Crippen LogP contribution in [0.1, 0.15) is 25.8 Å². The van der Waals surface area contributed by atoms with Crippen molar-refractivity contribution in [2.75, 3.05) is 0 Å². The lowest BCUT2D eigenvalue weighted by Gasteiger charge is -2.17. The molecule has 1 amide bonds. The third-order valence-corrected chi connectivity index (χ3v) is 3.62. The Kier molecular flexibility index (Phi) is 7.01. The minimum absolute atomic E-state index is 0. The molecule has 0 fully saturated rings. The predicted octanol–water partition coefficient (Wildman–Crippen LogP) is 1.68. The van der Waals surface area contributed by atoms with E-state index in [4.69, 9.17) is 5.73 Å². The van der Waals surface area contributed by atoms with E-state index in [2.05, 4.69) is 15.4 Å². The molecule has 6 nitrogen and oxygen atoms in total. The Morgan fingerprint density at radius 3 is 2.86 bits per heavy atom. The van der Waals surface area contributed by atoms with Crippen LogP contribution in [0, 0.1) is 5.92 Å². The van der Waals surface area contributed by atoms with Crippen molar-refractivity contribution in [3.63, 3.8) is 0 Å². The number of carbonyl (C=O) groups is 1. The van der Waals surface area contributed by atoms with Gasteiger partial charge in [-0.3, -0.25) is 4.79 Å². The molecule has 0 aliphatic rings. The Hall–Kier alpha value is -1.92. The summed E-state index contributed by atoms with van der Waals surface area (Å²) in [5.41, 5.74) is 7.81. The molecule has 7 heteroatoms. The molecule has 120 valence electrons. The smallest absolute Gasteiger partial charge is 0.237 e. The molecule has 3 N–H and O–H groups in total. The minimum atomic E-state index is -0.464. The van der Waals surface area contributed by atoms with Crippen LogP contribution < -0.4 is 11.1 Å². The second-order valence-electron chi connectivity index (χ2n) is 5.14. The van der Waals surface area contributed by atoms with Crippen molar-refractivity contribution >= 4 is 18.3 Å². The van der Waals surface area contributed by atoms with E-state index in [1.165, 1.54) is 6.33 Å². The Labute approximate surface area is 136 Å². The molecule has 2 aromatic rings. The first-order chi connectivity index (χ1) is 10.1. The molecule has 1 aromatic carbocycles. The van der Waals surface area contributed by atoms with Crippen molar-refractivity contribution in [3.05, 3.63) is 42.5 Å². The van der Waals surface area contributed by atoms with E-state index in [1.54, 1.807) is 11.0 Å². The average molecular weight is 324 g/mol. The second kappa shape index (κ2) is 8.51. The van der Waals surface area contributed by atoms with Gasteiger partial charge in [0, 0.05) is 6.54 Å². The molecular formula is C15H22ClN5O. The van der Waals surface area contributed by atoms with Gasteiger partial charge in [0.15, 0.2) is 0 Å². The van der Waals surface area contributed by atoms with Gasteiger partial charge in [-0.2, -0.15) is 5.10 Å². The van der Waals surface area contributed by atoms with Gasteiger partial charge in [0.25, 0.3) is 0 Å². The van der Waals surface area contributed by atoms with E-state index in [0.717, 1.165) is 17.7 Å². The summed E-state index contributed by atoms with van der Waals surface area (Å²) >= 11 is 0. The summed E-state index contributed by atoms with van der Waals surface area (Å²) in [4.78, 5) is 15.9. The molecule has 2 unspecified atom stereocenters. The largest absolute Gasteiger partial charge is 0.351 e. The highest BCUT2D eigenvalue weighted by Gasteiger charge is 2.18. The van der Waals surface area contributed by atoms with Crippen molar-refractivity contribution in [1.82, 2.24) is 20.1 Å². The number of hydrogen-bond donors (Lipinski definition) is 2. The van der Waals surface area contributed by atoms with Crippen LogP contribution in [0.25, 0.3) is 5.69 Å². The summed E-state index contributed by atoms with van der Waals surface area (Å²) in [5.74, 6) is 0.0574. The van der Waals surface area contributed by atoms with Crippen LogP contribution in [0.15, 0.2) is 36.9 Å². The number of carbonyl (C=O) groups excluding carboxylic acids is 1. The van der Waals surface area contributed by atoms with E-state index in [0.29, 0.717) is 6.54 Å². The van der Waals surface area contributed by atoms with Gasteiger partial charge >= 0.3 is 0 Å². The first-order valence-corrected chi connectivity index (χ1v) is 7.09. The minimum Gasteiger partial charge on any atom is -0.351 e. The lowest BCUT2D eigenvalue weighted by atomic mass is 9.99. The normalized spacial score (nSPS) is 13.0. The average Bonchev–Trinajstić information content (AvgIpc) is 3.05. The molecule has 2 rings (SSSR count). The Balaban J connectivity index is 0.00000242. The number of rotatable bonds is 6.